The van der Waals surface area contributed by atoms with E-state index in [0.29, 0.717) is 12.5 Å². The smallest absolute Gasteiger partial charge is 0.258 e. The van der Waals surface area contributed by atoms with Crippen molar-refractivity contribution in [3.05, 3.63) is 62.6 Å². The Hall–Kier alpha value is -0.920. The number of nitrogens with zero attached hydrogens (tertiary/aromatic N) is 4. The molecule has 2 aromatic rings. The predicted molar refractivity (Wildman–Crippen MR) is 94.9 cm³/mol. The Morgan fingerprint density at radius 1 is 0.955 bits per heavy atom. The largest absolute Gasteiger partial charge is 0.307 e. The molecule has 0 fully saturated rings. The molecule has 2 heterocycles. The van der Waals surface area contributed by atoms with E-state index in [4.69, 9.17) is 11.6 Å². The van der Waals surface area contributed by atoms with Gasteiger partial charge < -0.3 is 0 Å². The zero-order valence-corrected chi connectivity index (χ0v) is 16.3. The highest BCUT2D eigenvalue weighted by Gasteiger charge is 2.14. The molecule has 0 amide bonds. The van der Waals surface area contributed by atoms with Crippen LogP contribution >= 0.6 is 66.1 Å². The van der Waals surface area contributed by atoms with E-state index >= 15 is 0 Å². The number of hydrogen-bond donors (Lipinski definition) is 0. The average Bonchev–Trinajstić information content (AvgIpc) is 2.45. The number of halogens is 4. The summed E-state index contributed by atoms with van der Waals surface area (Å²) in [6.07, 6.45) is 5.25. The van der Waals surface area contributed by atoms with Crippen LogP contribution in [0.1, 0.15) is 0 Å². The van der Waals surface area contributed by atoms with Gasteiger partial charge >= 0.3 is 11.4 Å². The highest BCUT2D eigenvalue weighted by atomic mass is 127. The molecule has 8 nitrogen and oxygen atoms in total. The van der Waals surface area contributed by atoms with Crippen molar-refractivity contribution in [2.45, 2.75) is 0 Å². The molecular formula is C10H4Br2ClIN4O4. The normalized spacial score (nSPS) is 9.64. The van der Waals surface area contributed by atoms with E-state index in [-0.39, 0.29) is 16.4 Å². The first-order valence-corrected chi connectivity index (χ1v) is 8.16. The minimum Gasteiger partial charge on any atom is -0.258 e. The molecule has 0 radical (unpaired) electrons. The Labute approximate surface area is 159 Å². The van der Waals surface area contributed by atoms with Crippen molar-refractivity contribution in [3.8, 4) is 0 Å². The first kappa shape index (κ1) is 19.1. The lowest BCUT2D eigenvalue weighted by atomic mass is 10.4. The van der Waals surface area contributed by atoms with Gasteiger partial charge in [0.15, 0.2) is 0 Å². The van der Waals surface area contributed by atoms with Gasteiger partial charge in [0.1, 0.15) is 21.0 Å². The van der Waals surface area contributed by atoms with Gasteiger partial charge in [-0.1, -0.05) is 11.6 Å². The van der Waals surface area contributed by atoms with Crippen molar-refractivity contribution in [2.75, 3.05) is 0 Å². The molecular weight excluding hydrogens is 562 g/mol. The van der Waals surface area contributed by atoms with Crippen LogP contribution in [0.15, 0.2) is 33.7 Å². The molecule has 0 spiro atoms. The SMILES string of the molecule is O=[N+]([O-])c1cncc(Br)c1Cl.O=[N+]([O-])c1cncc(Br)c1I. The van der Waals surface area contributed by atoms with Gasteiger partial charge in [0.2, 0.25) is 0 Å². The topological polar surface area (TPSA) is 112 Å². The lowest BCUT2D eigenvalue weighted by Gasteiger charge is -1.94. The summed E-state index contributed by atoms with van der Waals surface area (Å²) < 4.78 is 1.64. The molecule has 0 bridgehead atoms. The zero-order chi connectivity index (χ0) is 16.9. The third kappa shape index (κ3) is 5.07. The van der Waals surface area contributed by atoms with Crippen LogP contribution in [0.5, 0.6) is 0 Å². The maximum Gasteiger partial charge on any atom is 0.307 e. The molecule has 0 aromatic carbocycles. The molecule has 12 heteroatoms. The summed E-state index contributed by atoms with van der Waals surface area (Å²) in [5.74, 6) is 0. The second-order valence-corrected chi connectivity index (χ2v) is 6.59. The number of nitro groups is 2. The summed E-state index contributed by atoms with van der Waals surface area (Å²) in [6, 6.07) is 0. The van der Waals surface area contributed by atoms with Crippen LogP contribution < -0.4 is 0 Å². The molecule has 0 unspecified atom stereocenters. The van der Waals surface area contributed by atoms with Crippen LogP contribution in [0.3, 0.4) is 0 Å². The fourth-order valence-electron chi connectivity index (χ4n) is 1.07. The van der Waals surface area contributed by atoms with Crippen LogP contribution in [0.25, 0.3) is 0 Å². The van der Waals surface area contributed by atoms with Crippen LogP contribution in [0.4, 0.5) is 11.4 Å². The van der Waals surface area contributed by atoms with Crippen molar-refractivity contribution in [2.24, 2.45) is 0 Å². The summed E-state index contributed by atoms with van der Waals surface area (Å²) >= 11 is 13.6. The maximum absolute atomic E-state index is 10.3. The molecule has 0 N–H and O–H groups in total. The summed E-state index contributed by atoms with van der Waals surface area (Å²) in [6.45, 7) is 0. The van der Waals surface area contributed by atoms with Crippen molar-refractivity contribution in [3.63, 3.8) is 0 Å². The molecule has 2 aromatic heterocycles. The molecule has 0 aliphatic carbocycles. The predicted octanol–water partition coefficient (Wildman–Crippen LogP) is 4.76. The standard InChI is InChI=1S/C5H2BrClN2O2.C5H2BrIN2O2/c2*6-3-1-8-2-4(5(3)7)9(10)11/h2*1-2H. The second kappa shape index (κ2) is 8.64. The fraction of sp³-hybridized carbons (Fsp3) is 0. The minimum atomic E-state index is -0.583. The number of pyridine rings is 2. The molecule has 0 atom stereocenters. The molecule has 0 aliphatic rings. The first-order valence-electron chi connectivity index (χ1n) is 5.12. The Bertz CT molecular complexity index is 673. The van der Waals surface area contributed by atoms with Crippen LogP contribution in [-0.4, -0.2) is 19.8 Å². The maximum atomic E-state index is 10.3. The highest BCUT2D eigenvalue weighted by molar-refractivity contribution is 14.1. The van der Waals surface area contributed by atoms with E-state index < -0.39 is 9.85 Å². The van der Waals surface area contributed by atoms with Gasteiger partial charge in [0.25, 0.3) is 0 Å². The van der Waals surface area contributed by atoms with Crippen LogP contribution in [0, 0.1) is 23.8 Å². The summed E-state index contributed by atoms with van der Waals surface area (Å²) in [7, 11) is 0. The van der Waals surface area contributed by atoms with Crippen LogP contribution in [0.2, 0.25) is 5.02 Å². The van der Waals surface area contributed by atoms with E-state index in [9.17, 15) is 20.2 Å². The Kier molecular flexibility index (Phi) is 7.52. The lowest BCUT2D eigenvalue weighted by molar-refractivity contribution is -0.386. The van der Waals surface area contributed by atoms with Gasteiger partial charge in [-0.3, -0.25) is 30.2 Å². The van der Waals surface area contributed by atoms with E-state index in [1.807, 2.05) is 22.6 Å². The van der Waals surface area contributed by atoms with Gasteiger partial charge in [-0.15, -0.1) is 0 Å². The third-order valence-electron chi connectivity index (χ3n) is 2.03. The van der Waals surface area contributed by atoms with Gasteiger partial charge in [-0.2, -0.15) is 0 Å². The van der Waals surface area contributed by atoms with E-state index in [0.717, 1.165) is 6.20 Å². The molecule has 2 rings (SSSR count). The van der Waals surface area contributed by atoms with E-state index in [2.05, 4.69) is 41.8 Å². The quantitative estimate of drug-likeness (QED) is 0.295. The molecule has 116 valence electrons. The number of hydrogen-bond acceptors (Lipinski definition) is 6. The molecule has 0 saturated heterocycles. The summed E-state index contributed by atoms with van der Waals surface area (Å²) in [4.78, 5) is 26.8. The van der Waals surface area contributed by atoms with Crippen molar-refractivity contribution in [1.82, 2.24) is 9.97 Å². The highest BCUT2D eigenvalue weighted by Crippen LogP contribution is 2.29. The molecule has 0 saturated carbocycles. The summed E-state index contributed by atoms with van der Waals surface area (Å²) in [5, 5.41) is 20.6. The minimum absolute atomic E-state index is 0.0278. The lowest BCUT2D eigenvalue weighted by Crippen LogP contribution is -1.92. The fourth-order valence-corrected chi connectivity index (χ4v) is 2.36. The van der Waals surface area contributed by atoms with Crippen molar-refractivity contribution >= 4 is 77.4 Å². The Morgan fingerprint density at radius 2 is 1.41 bits per heavy atom. The van der Waals surface area contributed by atoms with Gasteiger partial charge in [0, 0.05) is 12.4 Å². The zero-order valence-electron chi connectivity index (χ0n) is 10.2. The van der Waals surface area contributed by atoms with Crippen LogP contribution in [-0.2, 0) is 0 Å². The molecule has 0 aliphatic heterocycles. The molecule has 22 heavy (non-hydrogen) atoms. The van der Waals surface area contributed by atoms with Gasteiger partial charge in [-0.05, 0) is 54.5 Å². The van der Waals surface area contributed by atoms with Crippen molar-refractivity contribution < 1.29 is 9.85 Å². The van der Waals surface area contributed by atoms with Gasteiger partial charge in [0.05, 0.1) is 18.8 Å². The third-order valence-corrected chi connectivity index (χ3v) is 5.73. The first-order chi connectivity index (χ1) is 10.3. The summed E-state index contributed by atoms with van der Waals surface area (Å²) in [5.41, 5.74) is -0.166. The second-order valence-electron chi connectivity index (χ2n) is 3.42. The number of aromatic nitrogens is 2. The van der Waals surface area contributed by atoms with E-state index in [1.165, 1.54) is 18.6 Å². The van der Waals surface area contributed by atoms with Crippen molar-refractivity contribution in [1.29, 1.82) is 0 Å². The Morgan fingerprint density at radius 3 is 1.82 bits per heavy atom. The van der Waals surface area contributed by atoms with Gasteiger partial charge in [-0.25, -0.2) is 0 Å². The average molecular weight is 566 g/mol. The monoisotopic (exact) mass is 564 g/mol. The number of rotatable bonds is 2. The Balaban J connectivity index is 0.000000220. The van der Waals surface area contributed by atoms with E-state index in [1.54, 1.807) is 0 Å².